The van der Waals surface area contributed by atoms with Crippen molar-refractivity contribution in [3.63, 3.8) is 0 Å². The van der Waals surface area contributed by atoms with Crippen LogP contribution in [0, 0.1) is 3.57 Å². The van der Waals surface area contributed by atoms with Gasteiger partial charge in [-0.25, -0.2) is 0 Å². The zero-order valence-corrected chi connectivity index (χ0v) is 8.08. The highest BCUT2D eigenvalue weighted by molar-refractivity contribution is 14.1. The second kappa shape index (κ2) is 3.92. The van der Waals surface area contributed by atoms with Gasteiger partial charge in [-0.15, -0.1) is 0 Å². The van der Waals surface area contributed by atoms with Crippen LogP contribution in [0.3, 0.4) is 0 Å². The fraction of sp³-hybridized carbons (Fsp3) is 0.250. The van der Waals surface area contributed by atoms with Crippen LogP contribution in [0.15, 0.2) is 18.2 Å². The number of aromatic hydroxyl groups is 1. The Morgan fingerprint density at radius 3 is 2.64 bits per heavy atom. The van der Waals surface area contributed by atoms with E-state index < -0.39 is 0 Å². The lowest BCUT2D eigenvalue weighted by atomic mass is 10.1. The van der Waals surface area contributed by atoms with Gasteiger partial charge in [0, 0.05) is 6.61 Å². The predicted octanol–water partition coefficient (Wildman–Crippen LogP) is 1.53. The maximum Gasteiger partial charge on any atom is 0.128 e. The standard InChI is InChI=1S/C8H9IO2/c9-7-5-6(3-4-10)1-2-8(7)11/h1-2,5,10-11H,3-4H2. The lowest BCUT2D eigenvalue weighted by molar-refractivity contribution is 0.299. The number of hydrogen-bond acceptors (Lipinski definition) is 2. The van der Waals surface area contributed by atoms with Gasteiger partial charge in [-0.05, 0) is 46.7 Å². The average Bonchev–Trinajstić information content (AvgIpc) is 1.98. The smallest absolute Gasteiger partial charge is 0.128 e. The van der Waals surface area contributed by atoms with E-state index in [1.165, 1.54) is 0 Å². The van der Waals surface area contributed by atoms with Crippen molar-refractivity contribution in [2.75, 3.05) is 6.61 Å². The topological polar surface area (TPSA) is 40.5 Å². The molecule has 0 spiro atoms. The summed E-state index contributed by atoms with van der Waals surface area (Å²) in [5.74, 6) is 0.298. The first-order valence-corrected chi connectivity index (χ1v) is 4.40. The third-order valence-electron chi connectivity index (χ3n) is 1.41. The Labute approximate surface area is 79.0 Å². The zero-order chi connectivity index (χ0) is 8.27. The SMILES string of the molecule is OCCc1ccc(O)c(I)c1. The first kappa shape index (κ1) is 8.80. The van der Waals surface area contributed by atoms with E-state index in [0.717, 1.165) is 9.13 Å². The molecule has 0 aromatic heterocycles. The highest BCUT2D eigenvalue weighted by Gasteiger charge is 1.97. The molecule has 1 aromatic rings. The Bertz CT molecular complexity index is 248. The summed E-state index contributed by atoms with van der Waals surface area (Å²) in [6, 6.07) is 5.33. The first-order chi connectivity index (χ1) is 5.24. The third-order valence-corrected chi connectivity index (χ3v) is 2.28. The van der Waals surface area contributed by atoms with E-state index in [4.69, 9.17) is 10.2 Å². The molecule has 2 nitrogen and oxygen atoms in total. The number of aliphatic hydroxyl groups excluding tert-OH is 1. The molecule has 0 unspecified atom stereocenters. The van der Waals surface area contributed by atoms with E-state index in [2.05, 4.69) is 22.6 Å². The van der Waals surface area contributed by atoms with Gasteiger partial charge in [0.15, 0.2) is 0 Å². The summed E-state index contributed by atoms with van der Waals surface area (Å²) >= 11 is 2.06. The predicted molar refractivity (Wildman–Crippen MR) is 51.6 cm³/mol. The normalized spacial score (nSPS) is 10.0. The molecule has 0 aliphatic heterocycles. The van der Waals surface area contributed by atoms with Gasteiger partial charge in [-0.2, -0.15) is 0 Å². The molecule has 0 radical (unpaired) electrons. The molecule has 0 heterocycles. The van der Waals surface area contributed by atoms with E-state index in [1.807, 2.05) is 12.1 Å². The summed E-state index contributed by atoms with van der Waals surface area (Å²) in [5.41, 5.74) is 1.05. The minimum Gasteiger partial charge on any atom is -0.507 e. The van der Waals surface area contributed by atoms with Gasteiger partial charge in [0.1, 0.15) is 5.75 Å². The summed E-state index contributed by atoms with van der Waals surface area (Å²) in [4.78, 5) is 0. The highest BCUT2D eigenvalue weighted by atomic mass is 127. The molecule has 0 saturated heterocycles. The third kappa shape index (κ3) is 2.34. The lowest BCUT2D eigenvalue weighted by Gasteiger charge is -2.00. The van der Waals surface area contributed by atoms with Gasteiger partial charge in [0.2, 0.25) is 0 Å². The van der Waals surface area contributed by atoms with Crippen molar-refractivity contribution in [3.8, 4) is 5.75 Å². The Morgan fingerprint density at radius 1 is 1.36 bits per heavy atom. The molecule has 1 aromatic carbocycles. The van der Waals surface area contributed by atoms with Crippen molar-refractivity contribution in [3.05, 3.63) is 27.3 Å². The number of rotatable bonds is 2. The fourth-order valence-corrected chi connectivity index (χ4v) is 1.41. The summed E-state index contributed by atoms with van der Waals surface area (Å²) in [7, 11) is 0. The summed E-state index contributed by atoms with van der Waals surface area (Å²) in [6.07, 6.45) is 0.649. The van der Waals surface area contributed by atoms with E-state index in [1.54, 1.807) is 6.07 Å². The van der Waals surface area contributed by atoms with Gasteiger partial charge in [0.05, 0.1) is 3.57 Å². The van der Waals surface area contributed by atoms with Crippen molar-refractivity contribution in [1.29, 1.82) is 0 Å². The van der Waals surface area contributed by atoms with Crippen molar-refractivity contribution in [1.82, 2.24) is 0 Å². The molecule has 0 saturated carbocycles. The maximum atomic E-state index is 9.14. The van der Waals surface area contributed by atoms with Crippen LogP contribution in [0.2, 0.25) is 0 Å². The van der Waals surface area contributed by atoms with Gasteiger partial charge in [-0.3, -0.25) is 0 Å². The van der Waals surface area contributed by atoms with E-state index in [9.17, 15) is 0 Å². The van der Waals surface area contributed by atoms with E-state index >= 15 is 0 Å². The van der Waals surface area contributed by atoms with Gasteiger partial charge < -0.3 is 10.2 Å². The van der Waals surface area contributed by atoms with Crippen molar-refractivity contribution >= 4 is 22.6 Å². The minimum absolute atomic E-state index is 0.154. The minimum atomic E-state index is 0.154. The number of benzene rings is 1. The van der Waals surface area contributed by atoms with Gasteiger partial charge in [-0.1, -0.05) is 6.07 Å². The van der Waals surface area contributed by atoms with Crippen LogP contribution in [0.1, 0.15) is 5.56 Å². The second-order valence-electron chi connectivity index (χ2n) is 2.26. The molecule has 0 fully saturated rings. The van der Waals surface area contributed by atoms with Crippen LogP contribution < -0.4 is 0 Å². The molecule has 0 atom stereocenters. The quantitative estimate of drug-likeness (QED) is 0.795. The van der Waals surface area contributed by atoms with E-state index in [0.29, 0.717) is 12.2 Å². The molecule has 60 valence electrons. The molecule has 11 heavy (non-hydrogen) atoms. The van der Waals surface area contributed by atoms with Gasteiger partial charge >= 0.3 is 0 Å². The van der Waals surface area contributed by atoms with Crippen LogP contribution in [0.5, 0.6) is 5.75 Å². The first-order valence-electron chi connectivity index (χ1n) is 3.32. The Kier molecular flexibility index (Phi) is 3.14. The Morgan fingerprint density at radius 2 is 2.09 bits per heavy atom. The Hall–Kier alpha value is -0.290. The van der Waals surface area contributed by atoms with Crippen LogP contribution >= 0.6 is 22.6 Å². The van der Waals surface area contributed by atoms with E-state index in [-0.39, 0.29) is 6.61 Å². The summed E-state index contributed by atoms with van der Waals surface area (Å²) in [6.45, 7) is 0.154. The fourth-order valence-electron chi connectivity index (χ4n) is 0.835. The molecule has 1 rings (SSSR count). The Balaban J connectivity index is 2.86. The number of phenols is 1. The van der Waals surface area contributed by atoms with Crippen molar-refractivity contribution < 1.29 is 10.2 Å². The second-order valence-corrected chi connectivity index (χ2v) is 3.42. The molecular formula is C8H9IO2. The average molecular weight is 264 g/mol. The van der Waals surface area contributed by atoms with Crippen LogP contribution in [0.4, 0.5) is 0 Å². The van der Waals surface area contributed by atoms with Gasteiger partial charge in [0.25, 0.3) is 0 Å². The largest absolute Gasteiger partial charge is 0.507 e. The highest BCUT2D eigenvalue weighted by Crippen LogP contribution is 2.20. The lowest BCUT2D eigenvalue weighted by Crippen LogP contribution is -1.90. The number of hydrogen-bond donors (Lipinski definition) is 2. The van der Waals surface area contributed by atoms with Crippen LogP contribution in [-0.4, -0.2) is 16.8 Å². The molecule has 0 aliphatic rings. The van der Waals surface area contributed by atoms with Crippen molar-refractivity contribution in [2.45, 2.75) is 6.42 Å². The zero-order valence-electron chi connectivity index (χ0n) is 5.92. The molecular weight excluding hydrogens is 255 g/mol. The molecule has 0 bridgehead atoms. The number of aliphatic hydroxyl groups is 1. The summed E-state index contributed by atoms with van der Waals surface area (Å²) < 4.78 is 0.827. The maximum absolute atomic E-state index is 9.14. The molecule has 3 heteroatoms. The number of halogens is 1. The summed E-state index contributed by atoms with van der Waals surface area (Å²) in [5, 5.41) is 17.8. The number of phenolic OH excluding ortho intramolecular Hbond substituents is 1. The monoisotopic (exact) mass is 264 g/mol. The van der Waals surface area contributed by atoms with Crippen molar-refractivity contribution in [2.24, 2.45) is 0 Å². The van der Waals surface area contributed by atoms with Crippen LogP contribution in [0.25, 0.3) is 0 Å². The molecule has 0 amide bonds. The molecule has 0 aliphatic carbocycles. The molecule has 2 N–H and O–H groups in total. The van der Waals surface area contributed by atoms with Crippen LogP contribution in [-0.2, 0) is 6.42 Å².